The highest BCUT2D eigenvalue weighted by Gasteiger charge is 2.29. The first-order valence-electron chi connectivity index (χ1n) is 6.55. The molecule has 1 aromatic carbocycles. The van der Waals surface area contributed by atoms with Crippen LogP contribution in [-0.2, 0) is 10.0 Å². The number of benzene rings is 1. The van der Waals surface area contributed by atoms with Crippen molar-refractivity contribution in [3.05, 3.63) is 34.1 Å². The van der Waals surface area contributed by atoms with Crippen LogP contribution in [0.15, 0.2) is 23.1 Å². The lowest BCUT2D eigenvalue weighted by Crippen LogP contribution is -2.27. The molecule has 0 spiro atoms. The number of nitro groups is 1. The first kappa shape index (κ1) is 15.8. The molecule has 1 heterocycles. The summed E-state index contributed by atoms with van der Waals surface area (Å²) in [6, 6.07) is 3.03. The zero-order valence-electron chi connectivity index (χ0n) is 11.2. The quantitative estimate of drug-likeness (QED) is 0.602. The van der Waals surface area contributed by atoms with E-state index >= 15 is 0 Å². The van der Waals surface area contributed by atoms with Crippen LogP contribution in [0.1, 0.15) is 12.8 Å². The lowest BCUT2D eigenvalue weighted by Gasteiger charge is -2.10. The van der Waals surface area contributed by atoms with Crippen molar-refractivity contribution in [3.63, 3.8) is 0 Å². The van der Waals surface area contributed by atoms with Crippen LogP contribution in [0.5, 0.6) is 0 Å². The number of sulfonamides is 1. The van der Waals surface area contributed by atoms with Crippen LogP contribution in [0.2, 0.25) is 0 Å². The predicted molar refractivity (Wildman–Crippen MR) is 73.8 cm³/mol. The second kappa shape index (κ2) is 6.46. The molecule has 0 radical (unpaired) electrons. The van der Waals surface area contributed by atoms with E-state index in [1.165, 1.54) is 0 Å². The van der Waals surface area contributed by atoms with E-state index in [1.807, 2.05) is 0 Å². The molecule has 9 heteroatoms. The maximum atomic E-state index is 13.5. The largest absolute Gasteiger partial charge is 0.324 e. The Labute approximate surface area is 121 Å². The lowest BCUT2D eigenvalue weighted by atomic mass is 10.1. The van der Waals surface area contributed by atoms with Crippen LogP contribution in [-0.4, -0.2) is 33.0 Å². The summed E-state index contributed by atoms with van der Waals surface area (Å²) in [7, 11) is -4.10. The number of nitrogens with one attached hydrogen (secondary N) is 2. The summed E-state index contributed by atoms with van der Waals surface area (Å²) in [4.78, 5) is 9.17. The molecule has 21 heavy (non-hydrogen) atoms. The smallest absolute Gasteiger partial charge is 0.316 e. The van der Waals surface area contributed by atoms with E-state index < -0.39 is 31.3 Å². The van der Waals surface area contributed by atoms with Crippen LogP contribution in [0.3, 0.4) is 0 Å². The second-order valence-corrected chi connectivity index (χ2v) is 6.62. The van der Waals surface area contributed by atoms with Crippen molar-refractivity contribution in [2.45, 2.75) is 17.7 Å². The number of nitro benzene ring substituents is 1. The molecule has 0 aliphatic carbocycles. The monoisotopic (exact) mass is 317 g/mol. The fourth-order valence-corrected chi connectivity index (χ4v) is 3.55. The Hall–Kier alpha value is -1.58. The van der Waals surface area contributed by atoms with E-state index in [1.54, 1.807) is 0 Å². The summed E-state index contributed by atoms with van der Waals surface area (Å²) < 4.78 is 39.9. The third kappa shape index (κ3) is 3.74. The van der Waals surface area contributed by atoms with Crippen LogP contribution < -0.4 is 10.0 Å². The van der Waals surface area contributed by atoms with Gasteiger partial charge in [0.2, 0.25) is 15.8 Å². The van der Waals surface area contributed by atoms with Gasteiger partial charge in [-0.15, -0.1) is 0 Å². The molecule has 1 aliphatic heterocycles. The molecule has 0 saturated carbocycles. The van der Waals surface area contributed by atoms with Gasteiger partial charge in [-0.2, -0.15) is 4.39 Å². The topological polar surface area (TPSA) is 101 Å². The Morgan fingerprint density at radius 2 is 2.24 bits per heavy atom. The number of hydrogen-bond donors (Lipinski definition) is 2. The molecule has 1 unspecified atom stereocenters. The number of hydrogen-bond acceptors (Lipinski definition) is 5. The minimum absolute atomic E-state index is 0.169. The molecule has 1 atom stereocenters. The van der Waals surface area contributed by atoms with Gasteiger partial charge in [-0.3, -0.25) is 10.1 Å². The van der Waals surface area contributed by atoms with Crippen molar-refractivity contribution in [3.8, 4) is 0 Å². The van der Waals surface area contributed by atoms with Crippen LogP contribution in [0.25, 0.3) is 0 Å². The molecule has 0 amide bonds. The van der Waals surface area contributed by atoms with Gasteiger partial charge in [0.05, 0.1) is 4.92 Å². The van der Waals surface area contributed by atoms with E-state index in [0.29, 0.717) is 12.3 Å². The van der Waals surface area contributed by atoms with Gasteiger partial charge in [-0.25, -0.2) is 13.1 Å². The SMILES string of the molecule is O=[N+]([O-])c1c(F)cccc1S(=O)(=O)NCCC1CCNC1. The first-order valence-corrected chi connectivity index (χ1v) is 8.03. The summed E-state index contributed by atoms with van der Waals surface area (Å²) in [5.74, 6) is -0.780. The fraction of sp³-hybridized carbons (Fsp3) is 0.500. The molecule has 2 rings (SSSR count). The molecule has 1 saturated heterocycles. The molecule has 116 valence electrons. The molecule has 7 nitrogen and oxygen atoms in total. The highest BCUT2D eigenvalue weighted by Crippen LogP contribution is 2.26. The van der Waals surface area contributed by atoms with Gasteiger partial charge in [-0.05, 0) is 44.0 Å². The second-order valence-electron chi connectivity index (χ2n) is 4.89. The zero-order valence-corrected chi connectivity index (χ0v) is 12.0. The van der Waals surface area contributed by atoms with Crippen LogP contribution >= 0.6 is 0 Å². The van der Waals surface area contributed by atoms with E-state index in [4.69, 9.17) is 0 Å². The molecule has 2 N–H and O–H groups in total. The lowest BCUT2D eigenvalue weighted by molar-refractivity contribution is -0.390. The molecule has 0 aromatic heterocycles. The third-order valence-corrected chi connectivity index (χ3v) is 4.92. The van der Waals surface area contributed by atoms with Crippen molar-refractivity contribution in [2.24, 2.45) is 5.92 Å². The zero-order chi connectivity index (χ0) is 15.5. The summed E-state index contributed by atoms with van der Waals surface area (Å²) >= 11 is 0. The maximum absolute atomic E-state index is 13.5. The molecular formula is C12H16FN3O4S. The molecule has 1 fully saturated rings. The summed E-state index contributed by atoms with van der Waals surface area (Å²) in [5, 5.41) is 14.0. The summed E-state index contributed by atoms with van der Waals surface area (Å²) in [6.07, 6.45) is 1.61. The van der Waals surface area contributed by atoms with Gasteiger partial charge in [0, 0.05) is 6.54 Å². The van der Waals surface area contributed by atoms with Gasteiger partial charge in [0.15, 0.2) is 4.90 Å². The van der Waals surface area contributed by atoms with Gasteiger partial charge >= 0.3 is 5.69 Å². The Bertz CT molecular complexity index is 629. The van der Waals surface area contributed by atoms with Crippen molar-refractivity contribution >= 4 is 15.7 Å². The van der Waals surface area contributed by atoms with Crippen molar-refractivity contribution in [1.29, 1.82) is 0 Å². The highest BCUT2D eigenvalue weighted by atomic mass is 32.2. The van der Waals surface area contributed by atoms with Gasteiger partial charge < -0.3 is 5.32 Å². The van der Waals surface area contributed by atoms with Gasteiger partial charge in [0.25, 0.3) is 0 Å². The summed E-state index contributed by atoms with van der Waals surface area (Å²) in [5.41, 5.74) is -1.02. The van der Waals surface area contributed by atoms with E-state index in [-0.39, 0.29) is 6.54 Å². The first-order chi connectivity index (χ1) is 9.92. The van der Waals surface area contributed by atoms with Crippen molar-refractivity contribution < 1.29 is 17.7 Å². The molecule has 1 aliphatic rings. The van der Waals surface area contributed by atoms with Crippen molar-refractivity contribution in [2.75, 3.05) is 19.6 Å². The molecular weight excluding hydrogens is 301 g/mol. The average molecular weight is 317 g/mol. The Kier molecular flexibility index (Phi) is 4.86. The van der Waals surface area contributed by atoms with Crippen molar-refractivity contribution in [1.82, 2.24) is 10.0 Å². The number of halogens is 1. The van der Waals surface area contributed by atoms with E-state index in [0.717, 1.165) is 37.7 Å². The third-order valence-electron chi connectivity index (χ3n) is 3.43. The van der Waals surface area contributed by atoms with Gasteiger partial charge in [0.1, 0.15) is 0 Å². The summed E-state index contributed by atoms with van der Waals surface area (Å²) in [6.45, 7) is 1.91. The average Bonchev–Trinajstić information content (AvgIpc) is 2.91. The van der Waals surface area contributed by atoms with Crippen LogP contribution in [0, 0.1) is 21.8 Å². The maximum Gasteiger partial charge on any atom is 0.324 e. The standard InChI is InChI=1S/C12H16FN3O4S/c13-10-2-1-3-11(12(10)16(17)18)21(19,20)15-7-5-9-4-6-14-8-9/h1-3,9,14-15H,4-8H2. The normalized spacial score (nSPS) is 18.8. The minimum Gasteiger partial charge on any atom is -0.316 e. The Morgan fingerprint density at radius 1 is 1.48 bits per heavy atom. The van der Waals surface area contributed by atoms with E-state index in [2.05, 4.69) is 10.0 Å². The molecule has 1 aromatic rings. The van der Waals surface area contributed by atoms with Gasteiger partial charge in [-0.1, -0.05) is 6.07 Å². The number of nitrogens with zero attached hydrogens (tertiary/aromatic N) is 1. The van der Waals surface area contributed by atoms with E-state index in [9.17, 15) is 22.9 Å². The Morgan fingerprint density at radius 3 is 2.86 bits per heavy atom. The predicted octanol–water partition coefficient (Wildman–Crippen LogP) is 1.01. The number of rotatable bonds is 6. The number of para-hydroxylation sites is 1. The fourth-order valence-electron chi connectivity index (χ4n) is 2.33. The van der Waals surface area contributed by atoms with Crippen LogP contribution in [0.4, 0.5) is 10.1 Å². The minimum atomic E-state index is -4.10. The highest BCUT2D eigenvalue weighted by molar-refractivity contribution is 7.89. The molecule has 0 bridgehead atoms. The Balaban J connectivity index is 2.12.